The van der Waals surface area contributed by atoms with Gasteiger partial charge >= 0.3 is 0 Å². The van der Waals surface area contributed by atoms with Gasteiger partial charge < -0.3 is 0 Å². The molecule has 1 aliphatic heterocycles. The molecular weight excluding hydrogens is 258 g/mol. The molecule has 0 spiro atoms. The standard InChI is InChI=1S/C15H21NO2S/c1-3-6-14-7-4-5-12-16(14)19(17,18)15-10-8-13(2)9-11-15/h5,8-12,14H,3-4,6-7H2,1-2H3/t14-/m1/s1. The number of rotatable bonds is 4. The molecule has 0 bridgehead atoms. The summed E-state index contributed by atoms with van der Waals surface area (Å²) in [5, 5.41) is 0. The van der Waals surface area contributed by atoms with Crippen LogP contribution in [0.15, 0.2) is 41.4 Å². The molecule has 0 saturated carbocycles. The highest BCUT2D eigenvalue weighted by Crippen LogP contribution is 2.26. The van der Waals surface area contributed by atoms with Crippen molar-refractivity contribution in [2.24, 2.45) is 0 Å². The Kier molecular flexibility index (Phi) is 4.30. The molecular formula is C15H21NO2S. The van der Waals surface area contributed by atoms with Crippen LogP contribution in [0.25, 0.3) is 0 Å². The molecule has 0 saturated heterocycles. The molecule has 1 aliphatic rings. The second kappa shape index (κ2) is 5.78. The third-order valence-corrected chi connectivity index (χ3v) is 5.34. The molecule has 3 nitrogen and oxygen atoms in total. The second-order valence-corrected chi connectivity index (χ2v) is 6.90. The quantitative estimate of drug-likeness (QED) is 0.846. The van der Waals surface area contributed by atoms with Crippen molar-refractivity contribution in [3.8, 4) is 0 Å². The largest absolute Gasteiger partial charge is 0.271 e. The minimum absolute atomic E-state index is 0.0984. The third kappa shape index (κ3) is 3.00. The van der Waals surface area contributed by atoms with Gasteiger partial charge in [0, 0.05) is 12.2 Å². The highest BCUT2D eigenvalue weighted by atomic mass is 32.2. The van der Waals surface area contributed by atoms with E-state index >= 15 is 0 Å². The van der Waals surface area contributed by atoms with Crippen molar-refractivity contribution in [2.45, 2.75) is 50.5 Å². The molecule has 1 atom stereocenters. The Hall–Kier alpha value is -1.29. The Morgan fingerprint density at radius 1 is 1.26 bits per heavy atom. The van der Waals surface area contributed by atoms with Crippen LogP contribution >= 0.6 is 0 Å². The lowest BCUT2D eigenvalue weighted by atomic mass is 10.0. The van der Waals surface area contributed by atoms with Crippen LogP contribution in [0.2, 0.25) is 0 Å². The Bertz CT molecular complexity index is 546. The number of allylic oxidation sites excluding steroid dienone is 1. The molecule has 0 fully saturated rings. The van der Waals surface area contributed by atoms with E-state index in [1.807, 2.05) is 25.1 Å². The van der Waals surface area contributed by atoms with Gasteiger partial charge in [-0.3, -0.25) is 4.31 Å². The third-order valence-electron chi connectivity index (χ3n) is 3.50. The first-order valence-corrected chi connectivity index (χ1v) is 8.26. The van der Waals surface area contributed by atoms with Crippen molar-refractivity contribution in [1.82, 2.24) is 4.31 Å². The number of hydrogen-bond donors (Lipinski definition) is 0. The molecule has 0 N–H and O–H groups in total. The number of sulfonamides is 1. The molecule has 2 rings (SSSR count). The molecule has 0 amide bonds. The fourth-order valence-electron chi connectivity index (χ4n) is 2.43. The zero-order chi connectivity index (χ0) is 13.9. The first-order valence-electron chi connectivity index (χ1n) is 6.82. The van der Waals surface area contributed by atoms with Gasteiger partial charge in [0.1, 0.15) is 0 Å². The van der Waals surface area contributed by atoms with Crippen LogP contribution in [-0.4, -0.2) is 18.8 Å². The monoisotopic (exact) mass is 279 g/mol. The number of benzene rings is 1. The van der Waals surface area contributed by atoms with Gasteiger partial charge in [-0.05, 0) is 38.3 Å². The zero-order valence-corrected chi connectivity index (χ0v) is 12.4. The number of hydrogen-bond acceptors (Lipinski definition) is 2. The molecule has 0 aromatic heterocycles. The summed E-state index contributed by atoms with van der Waals surface area (Å²) in [6.45, 7) is 4.05. The molecule has 0 unspecified atom stereocenters. The van der Waals surface area contributed by atoms with Crippen molar-refractivity contribution in [2.75, 3.05) is 0 Å². The lowest BCUT2D eigenvalue weighted by Crippen LogP contribution is -2.37. The van der Waals surface area contributed by atoms with Gasteiger partial charge in [0.2, 0.25) is 0 Å². The van der Waals surface area contributed by atoms with Crippen molar-refractivity contribution in [1.29, 1.82) is 0 Å². The van der Waals surface area contributed by atoms with E-state index in [4.69, 9.17) is 0 Å². The normalized spacial score (nSPS) is 19.7. The Labute approximate surface area is 116 Å². The number of aryl methyl sites for hydroxylation is 1. The van der Waals surface area contributed by atoms with Gasteiger partial charge in [-0.2, -0.15) is 0 Å². The molecule has 0 radical (unpaired) electrons. The van der Waals surface area contributed by atoms with Gasteiger partial charge in [0.15, 0.2) is 0 Å². The summed E-state index contributed by atoms with van der Waals surface area (Å²) in [4.78, 5) is 0.380. The second-order valence-electron chi connectivity index (χ2n) is 5.05. The molecule has 1 heterocycles. The minimum Gasteiger partial charge on any atom is -0.271 e. The van der Waals surface area contributed by atoms with E-state index in [2.05, 4.69) is 6.92 Å². The van der Waals surface area contributed by atoms with Gasteiger partial charge in [0.05, 0.1) is 4.90 Å². The molecule has 104 valence electrons. The van der Waals surface area contributed by atoms with Gasteiger partial charge in [-0.25, -0.2) is 8.42 Å². The van der Waals surface area contributed by atoms with Crippen molar-refractivity contribution >= 4 is 10.0 Å². The summed E-state index contributed by atoms with van der Waals surface area (Å²) in [6.07, 6.45) is 7.46. The number of nitrogens with zero attached hydrogens (tertiary/aromatic N) is 1. The first kappa shape index (κ1) is 14.1. The molecule has 4 heteroatoms. The topological polar surface area (TPSA) is 37.4 Å². The van der Waals surface area contributed by atoms with Crippen LogP contribution in [0.4, 0.5) is 0 Å². The highest BCUT2D eigenvalue weighted by Gasteiger charge is 2.29. The van der Waals surface area contributed by atoms with E-state index < -0.39 is 10.0 Å². The summed E-state index contributed by atoms with van der Waals surface area (Å²) in [6, 6.07) is 7.16. The predicted octanol–water partition coefficient (Wildman–Crippen LogP) is 3.46. The fraction of sp³-hybridized carbons (Fsp3) is 0.467. The van der Waals surface area contributed by atoms with Crippen molar-refractivity contribution in [3.05, 3.63) is 42.1 Å². The first-order chi connectivity index (χ1) is 9.05. The van der Waals surface area contributed by atoms with E-state index in [0.29, 0.717) is 4.90 Å². The van der Waals surface area contributed by atoms with Crippen molar-refractivity contribution in [3.63, 3.8) is 0 Å². The average molecular weight is 279 g/mol. The summed E-state index contributed by atoms with van der Waals surface area (Å²) < 4.78 is 26.9. The smallest absolute Gasteiger partial charge is 0.264 e. The van der Waals surface area contributed by atoms with E-state index in [1.165, 1.54) is 0 Å². The van der Waals surface area contributed by atoms with Gasteiger partial charge in [-0.15, -0.1) is 0 Å². The maximum Gasteiger partial charge on any atom is 0.264 e. The molecule has 19 heavy (non-hydrogen) atoms. The lowest BCUT2D eigenvalue weighted by Gasteiger charge is -2.32. The van der Waals surface area contributed by atoms with Crippen LogP contribution in [0.5, 0.6) is 0 Å². The van der Waals surface area contributed by atoms with Crippen LogP contribution in [0, 0.1) is 6.92 Å². The summed E-state index contributed by atoms with van der Waals surface area (Å²) >= 11 is 0. The van der Waals surface area contributed by atoms with Crippen LogP contribution < -0.4 is 0 Å². The van der Waals surface area contributed by atoms with Crippen LogP contribution in [0.3, 0.4) is 0 Å². The van der Waals surface area contributed by atoms with Crippen LogP contribution in [-0.2, 0) is 10.0 Å². The maximum absolute atomic E-state index is 12.7. The van der Waals surface area contributed by atoms with E-state index in [9.17, 15) is 8.42 Å². The molecule has 0 aliphatic carbocycles. The summed E-state index contributed by atoms with van der Waals surface area (Å²) in [5.41, 5.74) is 1.07. The van der Waals surface area contributed by atoms with Gasteiger partial charge in [0.25, 0.3) is 10.0 Å². The van der Waals surface area contributed by atoms with E-state index in [-0.39, 0.29) is 6.04 Å². The zero-order valence-electron chi connectivity index (χ0n) is 11.5. The Morgan fingerprint density at radius 2 is 1.95 bits per heavy atom. The SMILES string of the molecule is CCC[C@@H]1CCC=CN1S(=O)(=O)c1ccc(C)cc1. The highest BCUT2D eigenvalue weighted by molar-refractivity contribution is 7.89. The predicted molar refractivity (Wildman–Crippen MR) is 77.3 cm³/mol. The van der Waals surface area contributed by atoms with E-state index in [0.717, 1.165) is 31.2 Å². The Balaban J connectivity index is 2.34. The summed E-state index contributed by atoms with van der Waals surface area (Å²) in [7, 11) is -3.40. The van der Waals surface area contributed by atoms with Gasteiger partial charge in [-0.1, -0.05) is 37.1 Å². The summed E-state index contributed by atoms with van der Waals surface area (Å²) in [5.74, 6) is 0. The lowest BCUT2D eigenvalue weighted by molar-refractivity contribution is 0.342. The Morgan fingerprint density at radius 3 is 2.58 bits per heavy atom. The fourth-order valence-corrected chi connectivity index (χ4v) is 4.00. The average Bonchev–Trinajstić information content (AvgIpc) is 2.40. The molecule has 1 aromatic rings. The minimum atomic E-state index is -3.40. The maximum atomic E-state index is 12.7. The van der Waals surface area contributed by atoms with Crippen LogP contribution in [0.1, 0.15) is 38.2 Å². The van der Waals surface area contributed by atoms with Crippen molar-refractivity contribution < 1.29 is 8.42 Å². The van der Waals surface area contributed by atoms with E-state index in [1.54, 1.807) is 22.6 Å². The molecule has 1 aromatic carbocycles.